The summed E-state index contributed by atoms with van der Waals surface area (Å²) in [5.74, 6) is -0.365. The van der Waals surface area contributed by atoms with Gasteiger partial charge in [-0.15, -0.1) is 0 Å². The fourth-order valence-electron chi connectivity index (χ4n) is 2.56. The molecule has 3 aromatic rings. The van der Waals surface area contributed by atoms with Crippen LogP contribution >= 0.6 is 11.6 Å². The van der Waals surface area contributed by atoms with Gasteiger partial charge in [0.2, 0.25) is 0 Å². The maximum Gasteiger partial charge on any atom is 0.275 e. The molecule has 1 aromatic carbocycles. The number of hydrogen-bond donors (Lipinski definition) is 2. The number of halogens is 2. The molecule has 26 heavy (non-hydrogen) atoms. The van der Waals surface area contributed by atoms with Crippen molar-refractivity contribution in [2.45, 2.75) is 19.9 Å². The topological polar surface area (TPSA) is 85.8 Å². The highest BCUT2D eigenvalue weighted by atomic mass is 35.5. The number of rotatable bonds is 4. The highest BCUT2D eigenvalue weighted by Gasteiger charge is 2.16. The molecule has 1 amide bonds. The van der Waals surface area contributed by atoms with Gasteiger partial charge in [0.1, 0.15) is 23.1 Å². The fraction of sp³-hybridized carbons (Fsp3) is 0.167. The third-order valence-corrected chi connectivity index (χ3v) is 4.11. The number of pyridine rings is 1. The Labute approximate surface area is 154 Å². The van der Waals surface area contributed by atoms with Gasteiger partial charge in [0.25, 0.3) is 5.91 Å². The summed E-state index contributed by atoms with van der Waals surface area (Å²) in [7, 11) is 0. The predicted molar refractivity (Wildman–Crippen MR) is 99.6 cm³/mol. The second kappa shape index (κ2) is 7.13. The number of nitrogens with two attached hydrogens (primary N) is 1. The largest absolute Gasteiger partial charge is 0.383 e. The summed E-state index contributed by atoms with van der Waals surface area (Å²) in [6.45, 7) is 3.86. The summed E-state index contributed by atoms with van der Waals surface area (Å²) in [4.78, 5) is 16.6. The first-order valence-corrected chi connectivity index (χ1v) is 8.31. The van der Waals surface area contributed by atoms with Crippen LogP contribution in [0.2, 0.25) is 5.02 Å². The van der Waals surface area contributed by atoms with Crippen molar-refractivity contribution in [3.63, 3.8) is 0 Å². The van der Waals surface area contributed by atoms with E-state index in [2.05, 4.69) is 15.4 Å². The molecule has 0 bridgehead atoms. The van der Waals surface area contributed by atoms with E-state index < -0.39 is 5.82 Å². The average Bonchev–Trinajstić information content (AvgIpc) is 3.08. The molecule has 3 rings (SSSR count). The lowest BCUT2D eigenvalue weighted by molar-refractivity contribution is 0.101. The van der Waals surface area contributed by atoms with E-state index in [0.29, 0.717) is 21.8 Å². The minimum atomic E-state index is -0.428. The van der Waals surface area contributed by atoms with Crippen molar-refractivity contribution in [3.05, 3.63) is 59.1 Å². The fourth-order valence-corrected chi connectivity index (χ4v) is 2.78. The lowest BCUT2D eigenvalue weighted by Gasteiger charge is -2.12. The molecule has 3 N–H and O–H groups in total. The van der Waals surface area contributed by atoms with Crippen LogP contribution in [0.4, 0.5) is 16.0 Å². The Morgan fingerprint density at radius 3 is 2.69 bits per heavy atom. The van der Waals surface area contributed by atoms with Crippen LogP contribution in [0, 0.1) is 5.82 Å². The lowest BCUT2D eigenvalue weighted by atomic mass is 10.1. The Hall–Kier alpha value is -2.93. The Kier molecular flexibility index (Phi) is 4.90. The Balaban J connectivity index is 1.87. The minimum absolute atomic E-state index is 0.0428. The predicted octanol–water partition coefficient (Wildman–Crippen LogP) is 4.15. The summed E-state index contributed by atoms with van der Waals surface area (Å²) in [6.07, 6.45) is 1.56. The molecule has 0 saturated heterocycles. The Bertz CT molecular complexity index is 970. The van der Waals surface area contributed by atoms with Crippen LogP contribution in [-0.2, 0) is 0 Å². The molecule has 2 aromatic heterocycles. The number of nitrogen functional groups attached to an aromatic ring is 1. The maximum absolute atomic E-state index is 13.5. The number of carbonyl (C=O) groups is 1. The number of anilines is 2. The van der Waals surface area contributed by atoms with Gasteiger partial charge in [-0.2, -0.15) is 5.10 Å². The molecule has 0 unspecified atom stereocenters. The zero-order valence-electron chi connectivity index (χ0n) is 14.2. The van der Waals surface area contributed by atoms with Gasteiger partial charge in [-0.3, -0.25) is 9.48 Å². The maximum atomic E-state index is 13.5. The van der Waals surface area contributed by atoms with E-state index in [9.17, 15) is 9.18 Å². The van der Waals surface area contributed by atoms with Gasteiger partial charge >= 0.3 is 0 Å². The van der Waals surface area contributed by atoms with Crippen molar-refractivity contribution >= 4 is 29.1 Å². The number of hydrogen-bond acceptors (Lipinski definition) is 4. The summed E-state index contributed by atoms with van der Waals surface area (Å²) in [5.41, 5.74) is 7.32. The van der Waals surface area contributed by atoms with Crippen molar-refractivity contribution in [3.8, 4) is 11.1 Å². The SMILES string of the molecule is CC(C)n1nccc1C(=O)Nc1ccc(-c2cc(F)ccc2Cl)c(N)n1. The summed E-state index contributed by atoms with van der Waals surface area (Å²) < 4.78 is 15.1. The number of aromatic nitrogens is 3. The Morgan fingerprint density at radius 2 is 2.00 bits per heavy atom. The molecule has 0 atom stereocenters. The quantitative estimate of drug-likeness (QED) is 0.719. The van der Waals surface area contributed by atoms with Crippen LogP contribution in [0.3, 0.4) is 0 Å². The van der Waals surface area contributed by atoms with Crippen molar-refractivity contribution in [1.82, 2.24) is 14.8 Å². The highest BCUT2D eigenvalue weighted by molar-refractivity contribution is 6.33. The van der Waals surface area contributed by atoms with E-state index in [-0.39, 0.29) is 23.6 Å². The van der Waals surface area contributed by atoms with E-state index in [0.717, 1.165) is 0 Å². The zero-order chi connectivity index (χ0) is 18.8. The molecule has 0 aliphatic rings. The van der Waals surface area contributed by atoms with Crippen LogP contribution in [0.1, 0.15) is 30.4 Å². The number of benzene rings is 1. The summed E-state index contributed by atoms with van der Waals surface area (Å²) >= 11 is 6.11. The number of nitrogens with zero attached hydrogens (tertiary/aromatic N) is 3. The third kappa shape index (κ3) is 3.52. The molecule has 0 spiro atoms. The van der Waals surface area contributed by atoms with Crippen molar-refractivity contribution in [1.29, 1.82) is 0 Å². The van der Waals surface area contributed by atoms with E-state index in [1.165, 1.54) is 18.2 Å². The molecule has 2 heterocycles. The second-order valence-electron chi connectivity index (χ2n) is 5.96. The smallest absolute Gasteiger partial charge is 0.275 e. The van der Waals surface area contributed by atoms with Gasteiger partial charge in [-0.1, -0.05) is 11.6 Å². The lowest BCUT2D eigenvalue weighted by Crippen LogP contribution is -2.19. The molecule has 0 aliphatic carbocycles. The van der Waals surface area contributed by atoms with Crippen molar-refractivity contribution in [2.24, 2.45) is 0 Å². The van der Waals surface area contributed by atoms with Crippen molar-refractivity contribution in [2.75, 3.05) is 11.1 Å². The molecule has 0 fully saturated rings. The molecule has 8 heteroatoms. The molecular weight excluding hydrogens is 357 g/mol. The molecule has 0 radical (unpaired) electrons. The molecule has 0 aliphatic heterocycles. The minimum Gasteiger partial charge on any atom is -0.383 e. The van der Waals surface area contributed by atoms with Gasteiger partial charge in [0, 0.05) is 28.4 Å². The van der Waals surface area contributed by atoms with Gasteiger partial charge in [-0.05, 0) is 50.2 Å². The van der Waals surface area contributed by atoms with Gasteiger partial charge in [0.05, 0.1) is 0 Å². The first-order chi connectivity index (χ1) is 12.4. The first kappa shape index (κ1) is 17.9. The number of nitrogens with one attached hydrogen (secondary N) is 1. The van der Waals surface area contributed by atoms with E-state index in [1.54, 1.807) is 29.1 Å². The van der Waals surface area contributed by atoms with Crippen molar-refractivity contribution < 1.29 is 9.18 Å². The van der Waals surface area contributed by atoms with E-state index in [1.807, 2.05) is 13.8 Å². The van der Waals surface area contributed by atoms with Crippen LogP contribution in [-0.4, -0.2) is 20.7 Å². The summed E-state index contributed by atoms with van der Waals surface area (Å²) in [5, 5.41) is 7.17. The van der Waals surface area contributed by atoms with E-state index in [4.69, 9.17) is 17.3 Å². The average molecular weight is 374 g/mol. The van der Waals surface area contributed by atoms with Crippen LogP contribution in [0.15, 0.2) is 42.6 Å². The standard InChI is InChI=1S/C18H17ClFN5O/c1-10(2)25-15(7-8-22-25)18(26)24-16-6-4-12(17(21)23-16)13-9-11(20)3-5-14(13)19/h3-10H,1-2H3,(H3,21,23,24,26). The van der Waals surface area contributed by atoms with Gasteiger partial charge in [0.15, 0.2) is 0 Å². The second-order valence-corrected chi connectivity index (χ2v) is 6.37. The zero-order valence-corrected chi connectivity index (χ0v) is 15.0. The van der Waals surface area contributed by atoms with Gasteiger partial charge < -0.3 is 11.1 Å². The van der Waals surface area contributed by atoms with Crippen LogP contribution in [0.5, 0.6) is 0 Å². The van der Waals surface area contributed by atoms with Crippen LogP contribution < -0.4 is 11.1 Å². The number of amides is 1. The van der Waals surface area contributed by atoms with Gasteiger partial charge in [-0.25, -0.2) is 9.37 Å². The molecule has 6 nitrogen and oxygen atoms in total. The Morgan fingerprint density at radius 1 is 1.23 bits per heavy atom. The number of carbonyl (C=O) groups excluding carboxylic acids is 1. The monoisotopic (exact) mass is 373 g/mol. The highest BCUT2D eigenvalue weighted by Crippen LogP contribution is 2.32. The molecular formula is C18H17ClFN5O. The third-order valence-electron chi connectivity index (χ3n) is 3.78. The summed E-state index contributed by atoms with van der Waals surface area (Å²) in [6, 6.07) is 8.89. The van der Waals surface area contributed by atoms with E-state index >= 15 is 0 Å². The normalized spacial score (nSPS) is 11.0. The van der Waals surface area contributed by atoms with Crippen LogP contribution in [0.25, 0.3) is 11.1 Å². The first-order valence-electron chi connectivity index (χ1n) is 7.93. The molecule has 0 saturated carbocycles. The molecule has 134 valence electrons.